The van der Waals surface area contributed by atoms with Crippen LogP contribution in [0.4, 0.5) is 0 Å². The molecule has 45 heavy (non-hydrogen) atoms. The van der Waals surface area contributed by atoms with Gasteiger partial charge in [-0.25, -0.2) is 4.98 Å². The molecule has 0 N–H and O–H groups in total. The number of aromatic nitrogens is 3. The summed E-state index contributed by atoms with van der Waals surface area (Å²) >= 11 is 0. The van der Waals surface area contributed by atoms with Crippen LogP contribution in [0.3, 0.4) is 0 Å². The molecule has 0 fully saturated rings. The molecule has 1 aliphatic carbocycles. The highest BCUT2D eigenvalue weighted by atomic mass is 14.8. The van der Waals surface area contributed by atoms with Crippen LogP contribution >= 0.6 is 0 Å². The lowest BCUT2D eigenvalue weighted by Gasteiger charge is -2.22. The van der Waals surface area contributed by atoms with Crippen LogP contribution in [0, 0.1) is 0 Å². The van der Waals surface area contributed by atoms with E-state index in [2.05, 4.69) is 127 Å². The zero-order chi connectivity index (χ0) is 30.4. The number of pyridine rings is 3. The smallest absolute Gasteiger partial charge is 0.0900 e. The van der Waals surface area contributed by atoms with Crippen molar-refractivity contribution in [1.29, 1.82) is 0 Å². The van der Waals surface area contributed by atoms with Crippen LogP contribution in [-0.2, 0) is 5.41 Å². The van der Waals surface area contributed by atoms with E-state index in [0.29, 0.717) is 0 Å². The first-order valence-electron chi connectivity index (χ1n) is 15.4. The van der Waals surface area contributed by atoms with Gasteiger partial charge < -0.3 is 0 Å². The van der Waals surface area contributed by atoms with Crippen molar-refractivity contribution in [3.05, 3.63) is 163 Å². The molecule has 3 heterocycles. The van der Waals surface area contributed by atoms with Crippen molar-refractivity contribution in [2.75, 3.05) is 0 Å². The molecule has 0 amide bonds. The van der Waals surface area contributed by atoms with Gasteiger partial charge in [-0.3, -0.25) is 9.97 Å². The Labute approximate surface area is 264 Å². The Bertz CT molecular complexity index is 2130. The molecule has 3 nitrogen and oxygen atoms in total. The molecular weight excluding hydrogens is 546 g/mol. The van der Waals surface area contributed by atoms with Gasteiger partial charge in [-0.15, -0.1) is 0 Å². The molecule has 0 radical (unpaired) electrons. The molecule has 3 heteroatoms. The van der Waals surface area contributed by atoms with Gasteiger partial charge in [0.15, 0.2) is 0 Å². The summed E-state index contributed by atoms with van der Waals surface area (Å²) in [5.41, 5.74) is 15.7. The van der Waals surface area contributed by atoms with Crippen LogP contribution in [0.25, 0.3) is 67.3 Å². The molecule has 0 atom stereocenters. The fraction of sp³-hybridized carbons (Fsp3) is 0.0714. The zero-order valence-corrected chi connectivity index (χ0v) is 25.3. The second-order valence-electron chi connectivity index (χ2n) is 12.1. The summed E-state index contributed by atoms with van der Waals surface area (Å²) in [5, 5.41) is 0. The van der Waals surface area contributed by atoms with E-state index in [9.17, 15) is 0 Å². The highest BCUT2D eigenvalue weighted by molar-refractivity contribution is 5.88. The van der Waals surface area contributed by atoms with Crippen LogP contribution < -0.4 is 0 Å². The Morgan fingerprint density at radius 2 is 0.933 bits per heavy atom. The van der Waals surface area contributed by atoms with Crippen molar-refractivity contribution in [3.8, 4) is 67.3 Å². The van der Waals surface area contributed by atoms with E-state index < -0.39 is 0 Å². The van der Waals surface area contributed by atoms with E-state index in [4.69, 9.17) is 4.98 Å². The van der Waals surface area contributed by atoms with Crippen LogP contribution in [0.1, 0.15) is 25.0 Å². The highest BCUT2D eigenvalue weighted by Crippen LogP contribution is 2.49. The number of rotatable bonds is 5. The van der Waals surface area contributed by atoms with E-state index in [1.54, 1.807) is 0 Å². The van der Waals surface area contributed by atoms with Gasteiger partial charge in [-0.05, 0) is 104 Å². The maximum Gasteiger partial charge on any atom is 0.0900 e. The fourth-order valence-electron chi connectivity index (χ4n) is 6.71. The first kappa shape index (κ1) is 26.9. The van der Waals surface area contributed by atoms with Crippen molar-refractivity contribution in [2.45, 2.75) is 19.3 Å². The summed E-state index contributed by atoms with van der Waals surface area (Å²) in [4.78, 5) is 14.2. The van der Waals surface area contributed by atoms with E-state index in [1.165, 1.54) is 44.5 Å². The van der Waals surface area contributed by atoms with Gasteiger partial charge in [0.05, 0.1) is 22.8 Å². The molecule has 8 rings (SSSR count). The largest absolute Gasteiger partial charge is 0.255 e. The van der Waals surface area contributed by atoms with E-state index in [0.717, 1.165) is 33.9 Å². The zero-order valence-electron chi connectivity index (χ0n) is 25.3. The Balaban J connectivity index is 1.24. The first-order valence-corrected chi connectivity index (χ1v) is 15.4. The third kappa shape index (κ3) is 4.74. The summed E-state index contributed by atoms with van der Waals surface area (Å²) in [6.45, 7) is 4.67. The maximum absolute atomic E-state index is 4.99. The molecule has 4 aromatic carbocycles. The van der Waals surface area contributed by atoms with Crippen molar-refractivity contribution in [1.82, 2.24) is 15.0 Å². The predicted octanol–water partition coefficient (Wildman–Crippen LogP) is 10.5. The van der Waals surface area contributed by atoms with E-state index in [-0.39, 0.29) is 5.41 Å². The molecule has 0 bridgehead atoms. The van der Waals surface area contributed by atoms with E-state index in [1.807, 2.05) is 48.8 Å². The third-order valence-corrected chi connectivity index (χ3v) is 9.01. The first-order chi connectivity index (χ1) is 22.1. The maximum atomic E-state index is 4.99. The van der Waals surface area contributed by atoms with Crippen LogP contribution in [0.5, 0.6) is 0 Å². The molecule has 0 spiro atoms. The van der Waals surface area contributed by atoms with Gasteiger partial charge in [0.25, 0.3) is 0 Å². The number of fused-ring (bicyclic) bond motifs is 3. The Hall–Kier alpha value is -5.67. The molecule has 7 aromatic rings. The topological polar surface area (TPSA) is 38.7 Å². The summed E-state index contributed by atoms with van der Waals surface area (Å²) in [5.74, 6) is 0. The molecule has 1 aliphatic rings. The minimum Gasteiger partial charge on any atom is -0.255 e. The average molecular weight is 578 g/mol. The molecule has 0 unspecified atom stereocenters. The molecule has 0 saturated carbocycles. The highest BCUT2D eigenvalue weighted by Gasteiger charge is 2.35. The Morgan fingerprint density at radius 3 is 1.60 bits per heavy atom. The molecule has 3 aromatic heterocycles. The van der Waals surface area contributed by atoms with Crippen molar-refractivity contribution >= 4 is 0 Å². The summed E-state index contributed by atoms with van der Waals surface area (Å²) in [7, 11) is 0. The minimum absolute atomic E-state index is 0.0376. The lowest BCUT2D eigenvalue weighted by Crippen LogP contribution is -2.14. The van der Waals surface area contributed by atoms with Gasteiger partial charge in [-0.2, -0.15) is 0 Å². The van der Waals surface area contributed by atoms with Gasteiger partial charge in [0.2, 0.25) is 0 Å². The van der Waals surface area contributed by atoms with Crippen LogP contribution in [-0.4, -0.2) is 15.0 Å². The normalized spacial score (nSPS) is 12.8. The fourth-order valence-corrected chi connectivity index (χ4v) is 6.71. The van der Waals surface area contributed by atoms with Crippen molar-refractivity contribution < 1.29 is 0 Å². The number of hydrogen-bond donors (Lipinski definition) is 0. The summed E-state index contributed by atoms with van der Waals surface area (Å²) in [6.07, 6.45) is 3.62. The monoisotopic (exact) mass is 577 g/mol. The SMILES string of the molecule is CC1(C)c2ccccc2-c2ccc(-c3cccc(-c4ccccc4-c4cc(-c5ccccn5)nc(-c5ccccn5)c4)c3)cc21. The molecule has 0 aliphatic heterocycles. The molecule has 214 valence electrons. The van der Waals surface area contributed by atoms with E-state index >= 15 is 0 Å². The third-order valence-electron chi connectivity index (χ3n) is 9.01. The van der Waals surface area contributed by atoms with Crippen molar-refractivity contribution in [3.63, 3.8) is 0 Å². The Kier molecular flexibility index (Phi) is 6.46. The van der Waals surface area contributed by atoms with Gasteiger partial charge in [0, 0.05) is 17.8 Å². The average Bonchev–Trinajstić information content (AvgIpc) is 3.34. The van der Waals surface area contributed by atoms with Crippen LogP contribution in [0.15, 0.2) is 152 Å². The lowest BCUT2D eigenvalue weighted by atomic mass is 9.81. The predicted molar refractivity (Wildman–Crippen MR) is 185 cm³/mol. The summed E-state index contributed by atoms with van der Waals surface area (Å²) < 4.78 is 0. The second-order valence-corrected chi connectivity index (χ2v) is 12.1. The van der Waals surface area contributed by atoms with Gasteiger partial charge >= 0.3 is 0 Å². The quantitative estimate of drug-likeness (QED) is 0.204. The number of hydrogen-bond acceptors (Lipinski definition) is 3. The van der Waals surface area contributed by atoms with Gasteiger partial charge in [-0.1, -0.05) is 105 Å². The second kappa shape index (κ2) is 10.8. The Morgan fingerprint density at radius 1 is 0.378 bits per heavy atom. The van der Waals surface area contributed by atoms with Gasteiger partial charge in [0.1, 0.15) is 0 Å². The van der Waals surface area contributed by atoms with Crippen LogP contribution in [0.2, 0.25) is 0 Å². The van der Waals surface area contributed by atoms with Crippen molar-refractivity contribution in [2.24, 2.45) is 0 Å². The minimum atomic E-state index is -0.0376. The summed E-state index contributed by atoms with van der Waals surface area (Å²) in [6, 6.07) is 49.4. The number of benzene rings is 4. The molecular formula is C42H31N3. The number of nitrogens with zero attached hydrogens (tertiary/aromatic N) is 3. The molecule has 0 saturated heterocycles. The standard InChI is InChI=1S/C42H31N3/c1-42(2)36-17-6-5-16-34(36)35-21-20-29(25-37(35)42)28-12-11-13-30(24-28)32-14-3-4-15-33(32)31-26-40(38-18-7-9-22-43-38)45-41(27-31)39-19-8-10-23-44-39/h3-27H,1-2H3. The lowest BCUT2D eigenvalue weighted by molar-refractivity contribution is 0.660.